The van der Waals surface area contributed by atoms with Crippen LogP contribution in [-0.2, 0) is 0 Å². The number of hydrogen-bond acceptors (Lipinski definition) is 3. The molecule has 1 atom stereocenters. The summed E-state index contributed by atoms with van der Waals surface area (Å²) in [4.78, 5) is 15.1. The zero-order chi connectivity index (χ0) is 18.0. The molecule has 0 saturated carbocycles. The van der Waals surface area contributed by atoms with Gasteiger partial charge < -0.3 is 14.4 Å². The van der Waals surface area contributed by atoms with E-state index in [4.69, 9.17) is 9.47 Å². The molecule has 0 aromatic heterocycles. The molecule has 0 bridgehead atoms. The van der Waals surface area contributed by atoms with E-state index >= 15 is 0 Å². The van der Waals surface area contributed by atoms with E-state index in [1.807, 2.05) is 55.1 Å². The summed E-state index contributed by atoms with van der Waals surface area (Å²) in [6.45, 7) is 4.84. The lowest BCUT2D eigenvalue weighted by Crippen LogP contribution is -2.31. The number of methoxy groups -OCH3 is 2. The van der Waals surface area contributed by atoms with Crippen LogP contribution in [0.3, 0.4) is 0 Å². The fourth-order valence-electron chi connectivity index (χ4n) is 3.55. The molecule has 1 aliphatic rings. The molecule has 0 radical (unpaired) electrons. The highest BCUT2D eigenvalue weighted by atomic mass is 16.5. The lowest BCUT2D eigenvalue weighted by atomic mass is 10.00. The molecule has 25 heavy (non-hydrogen) atoms. The molecule has 1 heterocycles. The van der Waals surface area contributed by atoms with Gasteiger partial charge in [-0.2, -0.15) is 0 Å². The Morgan fingerprint density at radius 2 is 1.84 bits per heavy atom. The van der Waals surface area contributed by atoms with Crippen LogP contribution in [0.4, 0.5) is 0 Å². The highest BCUT2D eigenvalue weighted by Crippen LogP contribution is 2.37. The molecule has 0 aliphatic carbocycles. The van der Waals surface area contributed by atoms with E-state index < -0.39 is 0 Å². The van der Waals surface area contributed by atoms with E-state index in [1.54, 1.807) is 14.2 Å². The molecular formula is C21H25NO3. The molecular weight excluding hydrogens is 314 g/mol. The van der Waals surface area contributed by atoms with Crippen molar-refractivity contribution in [3.05, 3.63) is 58.7 Å². The molecule has 3 rings (SSSR count). The van der Waals surface area contributed by atoms with Crippen LogP contribution in [-0.4, -0.2) is 31.6 Å². The van der Waals surface area contributed by atoms with Crippen molar-refractivity contribution in [2.75, 3.05) is 20.8 Å². The minimum absolute atomic E-state index is 0.0761. The number of carbonyl (C=O) groups is 1. The van der Waals surface area contributed by atoms with E-state index in [0.717, 1.165) is 41.6 Å². The van der Waals surface area contributed by atoms with Crippen LogP contribution in [0.1, 0.15) is 45.9 Å². The van der Waals surface area contributed by atoms with E-state index in [-0.39, 0.29) is 11.9 Å². The maximum atomic E-state index is 13.2. The Balaban J connectivity index is 1.93. The van der Waals surface area contributed by atoms with Gasteiger partial charge in [0.15, 0.2) is 11.5 Å². The van der Waals surface area contributed by atoms with Crippen LogP contribution < -0.4 is 9.47 Å². The second kappa shape index (κ2) is 7.18. The number of ether oxygens (including phenoxy) is 2. The van der Waals surface area contributed by atoms with Crippen molar-refractivity contribution in [1.82, 2.24) is 4.90 Å². The van der Waals surface area contributed by atoms with Crippen molar-refractivity contribution in [3.63, 3.8) is 0 Å². The zero-order valence-electron chi connectivity index (χ0n) is 15.3. The second-order valence-electron chi connectivity index (χ2n) is 6.52. The summed E-state index contributed by atoms with van der Waals surface area (Å²) >= 11 is 0. The molecule has 1 unspecified atom stereocenters. The zero-order valence-corrected chi connectivity index (χ0v) is 15.3. The van der Waals surface area contributed by atoms with Crippen LogP contribution in [0.2, 0.25) is 0 Å². The Labute approximate surface area is 149 Å². The molecule has 4 nitrogen and oxygen atoms in total. The molecule has 1 saturated heterocycles. The van der Waals surface area contributed by atoms with Gasteiger partial charge in [-0.1, -0.05) is 18.2 Å². The highest BCUT2D eigenvalue weighted by Gasteiger charge is 2.31. The number of benzene rings is 2. The molecule has 1 fully saturated rings. The Morgan fingerprint density at radius 3 is 2.56 bits per heavy atom. The maximum absolute atomic E-state index is 13.2. The van der Waals surface area contributed by atoms with Crippen molar-refractivity contribution in [2.45, 2.75) is 32.7 Å². The Kier molecular flexibility index (Phi) is 4.98. The molecule has 1 aliphatic heterocycles. The Hall–Kier alpha value is -2.49. The lowest BCUT2D eigenvalue weighted by Gasteiger charge is -2.26. The van der Waals surface area contributed by atoms with Gasteiger partial charge in [0.1, 0.15) is 0 Å². The average Bonchev–Trinajstić information content (AvgIpc) is 3.12. The molecule has 132 valence electrons. The summed E-state index contributed by atoms with van der Waals surface area (Å²) in [6.07, 6.45) is 1.97. The van der Waals surface area contributed by atoms with Crippen LogP contribution >= 0.6 is 0 Å². The molecule has 0 N–H and O–H groups in total. The fraction of sp³-hybridized carbons (Fsp3) is 0.381. The molecule has 1 amide bonds. The van der Waals surface area contributed by atoms with Crippen LogP contribution in [0.25, 0.3) is 0 Å². The summed E-state index contributed by atoms with van der Waals surface area (Å²) in [6, 6.07) is 11.9. The van der Waals surface area contributed by atoms with Crippen molar-refractivity contribution in [1.29, 1.82) is 0 Å². The predicted octanol–water partition coefficient (Wildman–Crippen LogP) is 4.30. The quantitative estimate of drug-likeness (QED) is 0.834. The van der Waals surface area contributed by atoms with Gasteiger partial charge in [0.2, 0.25) is 0 Å². The van der Waals surface area contributed by atoms with Gasteiger partial charge in [-0.05, 0) is 61.6 Å². The first-order valence-electron chi connectivity index (χ1n) is 8.66. The average molecular weight is 339 g/mol. The van der Waals surface area contributed by atoms with E-state index in [1.165, 1.54) is 0 Å². The third-order valence-corrected chi connectivity index (χ3v) is 5.14. The number of aryl methyl sites for hydroxylation is 1. The van der Waals surface area contributed by atoms with Crippen LogP contribution in [0, 0.1) is 13.8 Å². The van der Waals surface area contributed by atoms with Crippen molar-refractivity contribution < 1.29 is 14.3 Å². The fourth-order valence-corrected chi connectivity index (χ4v) is 3.55. The van der Waals surface area contributed by atoms with Crippen molar-refractivity contribution >= 4 is 5.91 Å². The van der Waals surface area contributed by atoms with E-state index in [2.05, 4.69) is 0 Å². The molecule has 4 heteroatoms. The minimum atomic E-state index is 0.0761. The van der Waals surface area contributed by atoms with Gasteiger partial charge in [0.25, 0.3) is 5.91 Å². The van der Waals surface area contributed by atoms with Gasteiger partial charge in [0, 0.05) is 12.1 Å². The standard InChI is InChI=1S/C21H25NO3/c1-14-7-5-8-17(15(14)2)21(23)22-12-6-9-18(22)16-10-11-19(24-3)20(13-16)25-4/h5,7-8,10-11,13,18H,6,9,12H2,1-4H3. The number of carbonyl (C=O) groups excluding carboxylic acids is 1. The van der Waals surface area contributed by atoms with Gasteiger partial charge in [0.05, 0.1) is 20.3 Å². The number of rotatable bonds is 4. The van der Waals surface area contributed by atoms with Crippen LogP contribution in [0.15, 0.2) is 36.4 Å². The largest absolute Gasteiger partial charge is 0.493 e. The summed E-state index contributed by atoms with van der Waals surface area (Å²) < 4.78 is 10.7. The topological polar surface area (TPSA) is 38.8 Å². The Morgan fingerprint density at radius 1 is 1.08 bits per heavy atom. The third kappa shape index (κ3) is 3.21. The second-order valence-corrected chi connectivity index (χ2v) is 6.52. The van der Waals surface area contributed by atoms with Crippen molar-refractivity contribution in [2.24, 2.45) is 0 Å². The van der Waals surface area contributed by atoms with Crippen molar-refractivity contribution in [3.8, 4) is 11.5 Å². The van der Waals surface area contributed by atoms with Gasteiger partial charge >= 0.3 is 0 Å². The third-order valence-electron chi connectivity index (χ3n) is 5.14. The highest BCUT2D eigenvalue weighted by molar-refractivity contribution is 5.96. The SMILES string of the molecule is COc1ccc(C2CCCN2C(=O)c2cccc(C)c2C)cc1OC. The first kappa shape index (κ1) is 17.3. The number of nitrogens with zero attached hydrogens (tertiary/aromatic N) is 1. The monoisotopic (exact) mass is 339 g/mol. The lowest BCUT2D eigenvalue weighted by molar-refractivity contribution is 0.0734. The summed E-state index contributed by atoms with van der Waals surface area (Å²) in [5.41, 5.74) is 4.10. The summed E-state index contributed by atoms with van der Waals surface area (Å²) in [7, 11) is 3.26. The summed E-state index contributed by atoms with van der Waals surface area (Å²) in [5.74, 6) is 1.51. The molecule has 0 spiro atoms. The summed E-state index contributed by atoms with van der Waals surface area (Å²) in [5, 5.41) is 0. The first-order chi connectivity index (χ1) is 12.1. The number of hydrogen-bond donors (Lipinski definition) is 0. The first-order valence-corrected chi connectivity index (χ1v) is 8.66. The number of amides is 1. The van der Waals surface area contributed by atoms with E-state index in [9.17, 15) is 4.79 Å². The number of likely N-dealkylation sites (tertiary alicyclic amines) is 1. The van der Waals surface area contributed by atoms with Gasteiger partial charge in [-0.25, -0.2) is 0 Å². The minimum Gasteiger partial charge on any atom is -0.493 e. The molecule has 2 aromatic carbocycles. The predicted molar refractivity (Wildman–Crippen MR) is 98.5 cm³/mol. The van der Waals surface area contributed by atoms with Crippen LogP contribution in [0.5, 0.6) is 11.5 Å². The van der Waals surface area contributed by atoms with E-state index in [0.29, 0.717) is 11.5 Å². The molecule has 2 aromatic rings. The smallest absolute Gasteiger partial charge is 0.254 e. The van der Waals surface area contributed by atoms with Gasteiger partial charge in [-0.15, -0.1) is 0 Å². The normalized spacial score (nSPS) is 16.8. The van der Waals surface area contributed by atoms with Gasteiger partial charge in [-0.3, -0.25) is 4.79 Å². The maximum Gasteiger partial charge on any atom is 0.254 e. The Bertz CT molecular complexity index is 785.